The lowest BCUT2D eigenvalue weighted by Crippen LogP contribution is -2.23. The van der Waals surface area contributed by atoms with Crippen molar-refractivity contribution in [1.29, 1.82) is 0 Å². The van der Waals surface area contributed by atoms with Gasteiger partial charge in [0.25, 0.3) is 11.6 Å². The molecule has 0 saturated carbocycles. The van der Waals surface area contributed by atoms with Crippen LogP contribution in [0.1, 0.15) is 12.5 Å². The van der Waals surface area contributed by atoms with E-state index in [0.29, 0.717) is 16.0 Å². The number of nitro groups is 1. The number of esters is 1. The second-order valence-electron chi connectivity index (χ2n) is 6.22. The molecule has 0 bridgehead atoms. The highest BCUT2D eigenvalue weighted by Crippen LogP contribution is 2.23. The summed E-state index contributed by atoms with van der Waals surface area (Å²) in [5.74, 6) is -0.242. The van der Waals surface area contributed by atoms with Crippen LogP contribution >= 0.6 is 11.3 Å². The van der Waals surface area contributed by atoms with Crippen molar-refractivity contribution >= 4 is 39.1 Å². The Hall–Kier alpha value is -3.53. The number of ether oxygens (including phenoxy) is 2. The minimum Gasteiger partial charge on any atom is -0.497 e. The number of hydrogen-bond acceptors (Lipinski definition) is 7. The first-order chi connectivity index (χ1) is 14.4. The molecule has 0 fully saturated rings. The summed E-state index contributed by atoms with van der Waals surface area (Å²) in [7, 11) is 1.56. The molecule has 3 aromatic rings. The number of methoxy groups -OCH3 is 1. The third-order valence-electron chi connectivity index (χ3n) is 4.20. The summed E-state index contributed by atoms with van der Waals surface area (Å²) in [6, 6.07) is 11.4. The first kappa shape index (κ1) is 21.2. The number of nitro benzene ring substituents is 1. The highest BCUT2D eigenvalue weighted by Gasteiger charge is 2.16. The maximum atomic E-state index is 12.5. The summed E-state index contributed by atoms with van der Waals surface area (Å²) in [4.78, 5) is 39.6. The number of thiazole rings is 1. The van der Waals surface area contributed by atoms with E-state index in [1.165, 1.54) is 28.0 Å². The van der Waals surface area contributed by atoms with E-state index in [4.69, 9.17) is 9.47 Å². The van der Waals surface area contributed by atoms with Crippen molar-refractivity contribution in [2.24, 2.45) is 4.99 Å². The monoisotopic (exact) mass is 429 g/mol. The fourth-order valence-electron chi connectivity index (χ4n) is 2.81. The van der Waals surface area contributed by atoms with Crippen molar-refractivity contribution < 1.29 is 24.0 Å². The van der Waals surface area contributed by atoms with Crippen molar-refractivity contribution in [3.05, 3.63) is 62.9 Å². The summed E-state index contributed by atoms with van der Waals surface area (Å²) < 4.78 is 12.2. The maximum absolute atomic E-state index is 12.5. The van der Waals surface area contributed by atoms with Gasteiger partial charge in [-0.3, -0.25) is 19.7 Å². The van der Waals surface area contributed by atoms with E-state index >= 15 is 0 Å². The Kier molecular flexibility index (Phi) is 6.58. The number of carbonyl (C=O) groups excluding carboxylic acids is 2. The van der Waals surface area contributed by atoms with Crippen LogP contribution in [-0.2, 0) is 27.3 Å². The molecule has 0 spiro atoms. The molecule has 10 heteroatoms. The minimum absolute atomic E-state index is 0.0673. The molecule has 0 saturated heterocycles. The van der Waals surface area contributed by atoms with Crippen LogP contribution in [-0.4, -0.2) is 35.1 Å². The molecule has 1 amide bonds. The van der Waals surface area contributed by atoms with Gasteiger partial charge in [-0.25, -0.2) is 0 Å². The van der Waals surface area contributed by atoms with Gasteiger partial charge >= 0.3 is 5.97 Å². The number of fused-ring (bicyclic) bond motifs is 1. The van der Waals surface area contributed by atoms with Crippen LogP contribution in [0.2, 0.25) is 0 Å². The predicted molar refractivity (Wildman–Crippen MR) is 110 cm³/mol. The maximum Gasteiger partial charge on any atom is 0.326 e. The van der Waals surface area contributed by atoms with Crippen LogP contribution < -0.4 is 9.54 Å². The average molecular weight is 429 g/mol. The highest BCUT2D eigenvalue weighted by molar-refractivity contribution is 7.16. The van der Waals surface area contributed by atoms with Crippen LogP contribution in [0.15, 0.2) is 47.5 Å². The van der Waals surface area contributed by atoms with Crippen molar-refractivity contribution in [3.8, 4) is 5.75 Å². The molecular formula is C20H19N3O6S. The number of aromatic nitrogens is 1. The smallest absolute Gasteiger partial charge is 0.326 e. The second-order valence-corrected chi connectivity index (χ2v) is 7.22. The minimum atomic E-state index is -0.521. The molecule has 0 N–H and O–H groups in total. The molecule has 2 aromatic carbocycles. The Bertz CT molecular complexity index is 1160. The van der Waals surface area contributed by atoms with Crippen molar-refractivity contribution in [2.75, 3.05) is 13.7 Å². The zero-order valence-corrected chi connectivity index (χ0v) is 17.2. The van der Waals surface area contributed by atoms with Crippen molar-refractivity contribution in [1.82, 2.24) is 4.57 Å². The molecule has 0 atom stereocenters. The van der Waals surface area contributed by atoms with Crippen LogP contribution in [0.4, 0.5) is 5.69 Å². The first-order valence-electron chi connectivity index (χ1n) is 9.05. The third-order valence-corrected chi connectivity index (χ3v) is 5.26. The van der Waals surface area contributed by atoms with E-state index in [-0.39, 0.29) is 30.1 Å². The average Bonchev–Trinajstić information content (AvgIpc) is 3.04. The second kappa shape index (κ2) is 9.31. The number of amides is 1. The fraction of sp³-hybridized carbons (Fsp3) is 0.250. The molecule has 0 unspecified atom stereocenters. The fourth-order valence-corrected chi connectivity index (χ4v) is 3.84. The molecule has 156 valence electrons. The number of benzene rings is 2. The molecular weight excluding hydrogens is 410 g/mol. The Morgan fingerprint density at radius 2 is 1.93 bits per heavy atom. The zero-order chi connectivity index (χ0) is 21.7. The lowest BCUT2D eigenvalue weighted by Gasteiger charge is -2.05. The number of carbonyl (C=O) groups is 2. The largest absolute Gasteiger partial charge is 0.497 e. The summed E-state index contributed by atoms with van der Waals surface area (Å²) in [6.07, 6.45) is 0.0673. The summed E-state index contributed by atoms with van der Waals surface area (Å²) in [6.45, 7) is 1.68. The van der Waals surface area contributed by atoms with Crippen LogP contribution in [0.5, 0.6) is 5.75 Å². The Labute approximate surface area is 175 Å². The van der Waals surface area contributed by atoms with Crippen molar-refractivity contribution in [3.63, 3.8) is 0 Å². The predicted octanol–water partition coefficient (Wildman–Crippen LogP) is 2.85. The number of non-ortho nitro benzene ring substituents is 1. The summed E-state index contributed by atoms with van der Waals surface area (Å²) in [5, 5.41) is 11.1. The van der Waals surface area contributed by atoms with E-state index in [1.807, 2.05) is 0 Å². The number of nitrogens with zero attached hydrogens (tertiary/aromatic N) is 3. The van der Waals surface area contributed by atoms with E-state index in [0.717, 1.165) is 5.56 Å². The van der Waals surface area contributed by atoms with Crippen molar-refractivity contribution in [2.45, 2.75) is 19.9 Å². The molecule has 1 heterocycles. The normalized spacial score (nSPS) is 11.5. The topological polar surface area (TPSA) is 113 Å². The van der Waals surface area contributed by atoms with Crippen LogP contribution in [0.3, 0.4) is 0 Å². The van der Waals surface area contributed by atoms with Gasteiger partial charge < -0.3 is 14.0 Å². The van der Waals surface area contributed by atoms with Gasteiger partial charge in [-0.1, -0.05) is 23.5 Å². The van der Waals surface area contributed by atoms with Gasteiger partial charge in [-0.15, -0.1) is 0 Å². The van der Waals surface area contributed by atoms with Gasteiger partial charge in [0, 0.05) is 12.1 Å². The summed E-state index contributed by atoms with van der Waals surface area (Å²) >= 11 is 1.17. The van der Waals surface area contributed by atoms with Gasteiger partial charge in [0.2, 0.25) is 0 Å². The Morgan fingerprint density at radius 1 is 1.20 bits per heavy atom. The van der Waals surface area contributed by atoms with Gasteiger partial charge in [0.05, 0.1) is 35.3 Å². The quantitative estimate of drug-likeness (QED) is 0.324. The molecule has 9 nitrogen and oxygen atoms in total. The highest BCUT2D eigenvalue weighted by atomic mass is 32.1. The molecule has 1 aromatic heterocycles. The molecule has 30 heavy (non-hydrogen) atoms. The van der Waals surface area contributed by atoms with Gasteiger partial charge in [0.15, 0.2) is 4.80 Å². The third kappa shape index (κ3) is 4.90. The molecule has 0 aliphatic rings. The molecule has 0 radical (unpaired) electrons. The van der Waals surface area contributed by atoms with E-state index in [9.17, 15) is 19.7 Å². The van der Waals surface area contributed by atoms with Gasteiger partial charge in [-0.2, -0.15) is 4.99 Å². The lowest BCUT2D eigenvalue weighted by molar-refractivity contribution is -0.384. The van der Waals surface area contributed by atoms with E-state index in [1.54, 1.807) is 44.4 Å². The molecule has 0 aliphatic heterocycles. The number of rotatable bonds is 7. The SMILES string of the molecule is CCOC(=O)Cn1c(=NC(=O)Cc2ccc(OC)cc2)sc2ccc([N+](=O)[O-])cc21. The van der Waals surface area contributed by atoms with Gasteiger partial charge in [-0.05, 0) is 30.7 Å². The summed E-state index contributed by atoms with van der Waals surface area (Å²) in [5.41, 5.74) is 1.09. The van der Waals surface area contributed by atoms with Crippen LogP contribution in [0.25, 0.3) is 10.2 Å². The molecule has 3 rings (SSSR count). The Balaban J connectivity index is 2.00. The zero-order valence-electron chi connectivity index (χ0n) is 16.4. The van der Waals surface area contributed by atoms with E-state index in [2.05, 4.69) is 4.99 Å². The van der Waals surface area contributed by atoms with Crippen LogP contribution in [0, 0.1) is 10.1 Å². The van der Waals surface area contributed by atoms with E-state index < -0.39 is 16.8 Å². The Morgan fingerprint density at radius 3 is 2.57 bits per heavy atom. The molecule has 0 aliphatic carbocycles. The number of hydrogen-bond donors (Lipinski definition) is 0. The lowest BCUT2D eigenvalue weighted by atomic mass is 10.1. The van der Waals surface area contributed by atoms with Gasteiger partial charge in [0.1, 0.15) is 12.3 Å². The standard InChI is InChI=1S/C20H19N3O6S/c1-3-29-19(25)12-22-16-11-14(23(26)27)6-9-17(16)30-20(22)21-18(24)10-13-4-7-15(28-2)8-5-13/h4-9,11H,3,10,12H2,1-2H3. The first-order valence-corrected chi connectivity index (χ1v) is 9.86.